The third-order valence-corrected chi connectivity index (χ3v) is 2.09. The number of fused-ring (bicyclic) bond motifs is 1. The molecule has 0 amide bonds. The van der Waals surface area contributed by atoms with Crippen molar-refractivity contribution >= 4 is 16.9 Å². The highest BCUT2D eigenvalue weighted by Crippen LogP contribution is 2.15. The summed E-state index contributed by atoms with van der Waals surface area (Å²) in [6.07, 6.45) is 6.59. The number of carboxylic acids is 1. The van der Waals surface area contributed by atoms with E-state index in [0.29, 0.717) is 5.56 Å². The lowest BCUT2D eigenvalue weighted by Crippen LogP contribution is -1.96. The van der Waals surface area contributed by atoms with Gasteiger partial charge in [0.2, 0.25) is 0 Å². The maximum absolute atomic E-state index is 10.7. The molecule has 1 N–H and O–H groups in total. The molecule has 72 valence electrons. The number of benzene rings is 1. The van der Waals surface area contributed by atoms with Crippen LogP contribution in [0.2, 0.25) is 0 Å². The molecule has 1 heterocycles. The van der Waals surface area contributed by atoms with Crippen molar-refractivity contribution in [2.24, 2.45) is 0 Å². The van der Waals surface area contributed by atoms with Crippen LogP contribution < -0.4 is 0 Å². The first-order chi connectivity index (χ1) is 7.20. The lowest BCUT2D eigenvalue weighted by molar-refractivity contribution is 0.0696. The molecule has 2 aromatic rings. The summed E-state index contributed by atoms with van der Waals surface area (Å²) < 4.78 is 0. The Hall–Kier alpha value is -2.34. The van der Waals surface area contributed by atoms with Gasteiger partial charge in [-0.1, -0.05) is 5.92 Å². The Labute approximate surface area is 86.4 Å². The highest BCUT2D eigenvalue weighted by atomic mass is 16.4. The van der Waals surface area contributed by atoms with Gasteiger partial charge >= 0.3 is 5.97 Å². The topological polar surface area (TPSA) is 50.2 Å². The zero-order chi connectivity index (χ0) is 10.8. The van der Waals surface area contributed by atoms with Gasteiger partial charge in [-0.05, 0) is 24.3 Å². The smallest absolute Gasteiger partial charge is 0.337 e. The molecule has 0 atom stereocenters. The van der Waals surface area contributed by atoms with Crippen molar-refractivity contribution in [3.05, 3.63) is 41.6 Å². The minimum absolute atomic E-state index is 0.164. The average Bonchev–Trinajstić information content (AvgIpc) is 2.27. The van der Waals surface area contributed by atoms with Crippen LogP contribution >= 0.6 is 0 Å². The van der Waals surface area contributed by atoms with E-state index in [-0.39, 0.29) is 5.56 Å². The van der Waals surface area contributed by atoms with Gasteiger partial charge in [0.15, 0.2) is 0 Å². The molecule has 0 spiro atoms. The van der Waals surface area contributed by atoms with Crippen LogP contribution in [0.3, 0.4) is 0 Å². The number of hydrogen-bond acceptors (Lipinski definition) is 2. The van der Waals surface area contributed by atoms with Gasteiger partial charge < -0.3 is 5.11 Å². The molecule has 0 bridgehead atoms. The lowest BCUT2D eigenvalue weighted by atomic mass is 10.1. The number of carbonyl (C=O) groups is 1. The molecule has 2 rings (SSSR count). The van der Waals surface area contributed by atoms with E-state index in [1.807, 2.05) is 0 Å². The second-order valence-electron chi connectivity index (χ2n) is 3.08. The first kappa shape index (κ1) is 9.22. The number of aromatic nitrogens is 1. The molecule has 0 fully saturated rings. The Morgan fingerprint density at radius 3 is 2.87 bits per heavy atom. The molecule has 0 aliphatic rings. The summed E-state index contributed by atoms with van der Waals surface area (Å²) >= 11 is 0. The van der Waals surface area contributed by atoms with E-state index in [0.717, 1.165) is 10.9 Å². The van der Waals surface area contributed by atoms with Crippen molar-refractivity contribution in [1.29, 1.82) is 0 Å². The van der Waals surface area contributed by atoms with E-state index < -0.39 is 5.97 Å². The number of aromatic carboxylic acids is 1. The van der Waals surface area contributed by atoms with Crippen LogP contribution in [0.1, 0.15) is 15.9 Å². The second-order valence-corrected chi connectivity index (χ2v) is 3.08. The summed E-state index contributed by atoms with van der Waals surface area (Å²) in [7, 11) is 0. The molecule has 1 aromatic carbocycles. The van der Waals surface area contributed by atoms with Crippen LogP contribution in [0.15, 0.2) is 30.5 Å². The van der Waals surface area contributed by atoms with Gasteiger partial charge in [0.1, 0.15) is 0 Å². The minimum atomic E-state index is -0.990. The third kappa shape index (κ3) is 1.65. The van der Waals surface area contributed by atoms with Gasteiger partial charge in [0, 0.05) is 17.1 Å². The molecule has 0 unspecified atom stereocenters. The Balaban J connectivity index is 2.69. The fourth-order valence-corrected chi connectivity index (χ4v) is 1.34. The van der Waals surface area contributed by atoms with Gasteiger partial charge in [0.25, 0.3) is 0 Å². The average molecular weight is 197 g/mol. The summed E-state index contributed by atoms with van der Waals surface area (Å²) in [5, 5.41) is 9.53. The zero-order valence-corrected chi connectivity index (χ0v) is 7.77. The van der Waals surface area contributed by atoms with Crippen LogP contribution in [0, 0.1) is 12.3 Å². The largest absolute Gasteiger partial charge is 0.478 e. The van der Waals surface area contributed by atoms with Crippen LogP contribution in [-0.4, -0.2) is 16.1 Å². The third-order valence-electron chi connectivity index (χ3n) is 2.09. The normalized spacial score (nSPS) is 9.80. The number of nitrogens with zero attached hydrogens (tertiary/aromatic N) is 1. The standard InChI is InChI=1S/C12H7NO2/c1-2-8-3-4-11-9(5-8)6-10(7-13-11)12(14)15/h1,3-7H,(H,14,15). The van der Waals surface area contributed by atoms with E-state index in [4.69, 9.17) is 11.5 Å². The summed E-state index contributed by atoms with van der Waals surface area (Å²) in [6, 6.07) is 6.85. The molecule has 0 saturated heterocycles. The van der Waals surface area contributed by atoms with Gasteiger partial charge in [0.05, 0.1) is 11.1 Å². The van der Waals surface area contributed by atoms with Gasteiger partial charge in [-0.2, -0.15) is 0 Å². The van der Waals surface area contributed by atoms with Gasteiger partial charge in [-0.15, -0.1) is 6.42 Å². The van der Waals surface area contributed by atoms with Gasteiger partial charge in [-0.3, -0.25) is 4.98 Å². The molecule has 3 heteroatoms. The van der Waals surface area contributed by atoms with Crippen molar-refractivity contribution in [3.8, 4) is 12.3 Å². The number of rotatable bonds is 1. The molecule has 0 aliphatic heterocycles. The van der Waals surface area contributed by atoms with Crippen LogP contribution in [0.25, 0.3) is 10.9 Å². The Bertz CT molecular complexity index is 582. The summed E-state index contributed by atoms with van der Waals surface area (Å²) in [5.74, 6) is 1.50. The van der Waals surface area contributed by atoms with Gasteiger partial charge in [-0.25, -0.2) is 4.79 Å². The molecular weight excluding hydrogens is 190 g/mol. The van der Waals surface area contributed by atoms with E-state index >= 15 is 0 Å². The van der Waals surface area contributed by atoms with E-state index in [1.165, 1.54) is 6.20 Å². The quantitative estimate of drug-likeness (QED) is 0.710. The number of hydrogen-bond donors (Lipinski definition) is 1. The van der Waals surface area contributed by atoms with E-state index in [2.05, 4.69) is 10.9 Å². The number of pyridine rings is 1. The maximum Gasteiger partial charge on any atom is 0.337 e. The molecule has 0 aliphatic carbocycles. The predicted octanol–water partition coefficient (Wildman–Crippen LogP) is 1.91. The molecule has 0 radical (unpaired) electrons. The zero-order valence-electron chi connectivity index (χ0n) is 7.77. The number of carboxylic acid groups (broad SMARTS) is 1. The van der Waals surface area contributed by atoms with E-state index in [1.54, 1.807) is 24.3 Å². The Kier molecular flexibility index (Phi) is 2.11. The summed E-state index contributed by atoms with van der Waals surface area (Å²) in [5.41, 5.74) is 1.61. The molecule has 1 aromatic heterocycles. The van der Waals surface area contributed by atoms with Crippen molar-refractivity contribution in [2.75, 3.05) is 0 Å². The Morgan fingerprint density at radius 2 is 2.20 bits per heavy atom. The van der Waals surface area contributed by atoms with Crippen LogP contribution in [-0.2, 0) is 0 Å². The molecule has 15 heavy (non-hydrogen) atoms. The highest BCUT2D eigenvalue weighted by molar-refractivity contribution is 5.92. The predicted molar refractivity (Wildman–Crippen MR) is 56.6 cm³/mol. The van der Waals surface area contributed by atoms with E-state index in [9.17, 15) is 4.79 Å². The Morgan fingerprint density at radius 1 is 1.40 bits per heavy atom. The number of terminal acetylenes is 1. The monoisotopic (exact) mass is 197 g/mol. The second kappa shape index (κ2) is 3.43. The molecule has 0 saturated carbocycles. The summed E-state index contributed by atoms with van der Waals surface area (Å²) in [6.45, 7) is 0. The van der Waals surface area contributed by atoms with Crippen LogP contribution in [0.4, 0.5) is 0 Å². The maximum atomic E-state index is 10.7. The fraction of sp³-hybridized carbons (Fsp3) is 0. The summed E-state index contributed by atoms with van der Waals surface area (Å²) in [4.78, 5) is 14.7. The van der Waals surface area contributed by atoms with Crippen LogP contribution in [0.5, 0.6) is 0 Å². The minimum Gasteiger partial charge on any atom is -0.478 e. The van der Waals surface area contributed by atoms with Crippen molar-refractivity contribution in [2.45, 2.75) is 0 Å². The fourth-order valence-electron chi connectivity index (χ4n) is 1.34. The molecule has 3 nitrogen and oxygen atoms in total. The van der Waals surface area contributed by atoms with Crippen molar-refractivity contribution < 1.29 is 9.90 Å². The first-order valence-corrected chi connectivity index (χ1v) is 4.30. The van der Waals surface area contributed by atoms with Crippen molar-refractivity contribution in [3.63, 3.8) is 0 Å². The highest BCUT2D eigenvalue weighted by Gasteiger charge is 2.04. The lowest BCUT2D eigenvalue weighted by Gasteiger charge is -1.99. The SMILES string of the molecule is C#Cc1ccc2ncc(C(=O)O)cc2c1. The first-order valence-electron chi connectivity index (χ1n) is 4.30. The van der Waals surface area contributed by atoms with Crippen molar-refractivity contribution in [1.82, 2.24) is 4.98 Å². The molecular formula is C12H7NO2.